The van der Waals surface area contributed by atoms with Gasteiger partial charge in [-0.3, -0.25) is 0 Å². The van der Waals surface area contributed by atoms with Gasteiger partial charge in [-0.15, -0.1) is 0 Å². The molecule has 0 fully saturated rings. The summed E-state index contributed by atoms with van der Waals surface area (Å²) in [5, 5.41) is 0. The number of furan rings is 1. The van der Waals surface area contributed by atoms with Gasteiger partial charge in [0.25, 0.3) is 0 Å². The van der Waals surface area contributed by atoms with Gasteiger partial charge in [0.05, 0.1) is 6.26 Å². The molecule has 0 unspecified atom stereocenters. The molecule has 0 aliphatic heterocycles. The Kier molecular flexibility index (Phi) is 3.10. The number of hydrogen-bond donors (Lipinski definition) is 0. The standard InChI is InChI=1S/C16H20O/c1-5-12-9-13(15-7-6-8-17-15)11-14(10-12)16(2,3)4/h6-11H,5H2,1-4H3. The Balaban J connectivity index is 2.54. The number of hydrogen-bond acceptors (Lipinski definition) is 1. The minimum atomic E-state index is 0.173. The molecular formula is C16H20O. The first-order valence-corrected chi connectivity index (χ1v) is 6.19. The van der Waals surface area contributed by atoms with Gasteiger partial charge in [0.2, 0.25) is 0 Å². The second-order valence-electron chi connectivity index (χ2n) is 5.50. The average Bonchev–Trinajstić information content (AvgIpc) is 2.80. The van der Waals surface area contributed by atoms with E-state index in [-0.39, 0.29) is 5.41 Å². The lowest BCUT2D eigenvalue weighted by molar-refractivity contribution is 0.578. The first kappa shape index (κ1) is 12.0. The Morgan fingerprint density at radius 2 is 1.88 bits per heavy atom. The van der Waals surface area contributed by atoms with Crippen LogP contribution in [0, 0.1) is 0 Å². The van der Waals surface area contributed by atoms with Crippen LogP contribution in [-0.2, 0) is 11.8 Å². The maximum atomic E-state index is 5.49. The zero-order chi connectivity index (χ0) is 12.5. The van der Waals surface area contributed by atoms with Crippen molar-refractivity contribution in [1.29, 1.82) is 0 Å². The summed E-state index contributed by atoms with van der Waals surface area (Å²) >= 11 is 0. The fourth-order valence-corrected chi connectivity index (χ4v) is 1.91. The normalized spacial score (nSPS) is 11.8. The Hall–Kier alpha value is -1.50. The van der Waals surface area contributed by atoms with Gasteiger partial charge in [0.15, 0.2) is 0 Å². The van der Waals surface area contributed by atoms with Crippen LogP contribution in [0.3, 0.4) is 0 Å². The minimum absolute atomic E-state index is 0.173. The molecule has 1 aromatic heterocycles. The van der Waals surface area contributed by atoms with Gasteiger partial charge in [0.1, 0.15) is 5.76 Å². The summed E-state index contributed by atoms with van der Waals surface area (Å²) < 4.78 is 5.49. The largest absolute Gasteiger partial charge is 0.464 e. The molecule has 0 spiro atoms. The predicted octanol–water partition coefficient (Wildman–Crippen LogP) is 4.81. The van der Waals surface area contributed by atoms with Crippen molar-refractivity contribution in [3.8, 4) is 11.3 Å². The lowest BCUT2D eigenvalue weighted by Crippen LogP contribution is -2.11. The van der Waals surface area contributed by atoms with Gasteiger partial charge < -0.3 is 4.42 Å². The van der Waals surface area contributed by atoms with Gasteiger partial charge in [-0.25, -0.2) is 0 Å². The van der Waals surface area contributed by atoms with E-state index < -0.39 is 0 Å². The van der Waals surface area contributed by atoms with Crippen LogP contribution in [0.15, 0.2) is 41.0 Å². The molecule has 2 rings (SSSR count). The molecule has 0 aliphatic rings. The van der Waals surface area contributed by atoms with Crippen LogP contribution in [0.5, 0.6) is 0 Å². The Bertz CT molecular complexity index is 487. The lowest BCUT2D eigenvalue weighted by atomic mass is 9.84. The molecule has 2 aromatic rings. The van der Waals surface area contributed by atoms with Gasteiger partial charge >= 0.3 is 0 Å². The van der Waals surface area contributed by atoms with Crippen molar-refractivity contribution in [1.82, 2.24) is 0 Å². The zero-order valence-electron chi connectivity index (χ0n) is 11.1. The van der Waals surface area contributed by atoms with Crippen molar-refractivity contribution in [2.24, 2.45) is 0 Å². The summed E-state index contributed by atoms with van der Waals surface area (Å²) in [6.07, 6.45) is 2.78. The fourth-order valence-electron chi connectivity index (χ4n) is 1.91. The molecule has 0 N–H and O–H groups in total. The van der Waals surface area contributed by atoms with E-state index in [2.05, 4.69) is 45.9 Å². The van der Waals surface area contributed by atoms with Gasteiger partial charge in [0, 0.05) is 5.56 Å². The molecule has 1 nitrogen and oxygen atoms in total. The number of aryl methyl sites for hydroxylation is 1. The van der Waals surface area contributed by atoms with Crippen LogP contribution >= 0.6 is 0 Å². The molecule has 0 saturated carbocycles. The highest BCUT2D eigenvalue weighted by Crippen LogP contribution is 2.29. The van der Waals surface area contributed by atoms with E-state index in [9.17, 15) is 0 Å². The van der Waals surface area contributed by atoms with Crippen LogP contribution in [-0.4, -0.2) is 0 Å². The minimum Gasteiger partial charge on any atom is -0.464 e. The topological polar surface area (TPSA) is 13.1 Å². The molecule has 17 heavy (non-hydrogen) atoms. The second kappa shape index (κ2) is 4.40. The molecule has 1 aromatic carbocycles. The highest BCUT2D eigenvalue weighted by Gasteiger charge is 2.16. The quantitative estimate of drug-likeness (QED) is 0.719. The van der Waals surface area contributed by atoms with Gasteiger partial charge in [-0.1, -0.05) is 33.8 Å². The van der Waals surface area contributed by atoms with Crippen LogP contribution in [0.2, 0.25) is 0 Å². The van der Waals surface area contributed by atoms with E-state index in [1.165, 1.54) is 16.7 Å². The van der Waals surface area contributed by atoms with Crippen molar-refractivity contribution in [3.05, 3.63) is 47.7 Å². The summed E-state index contributed by atoms with van der Waals surface area (Å²) in [6.45, 7) is 8.92. The van der Waals surface area contributed by atoms with E-state index in [0.29, 0.717) is 0 Å². The van der Waals surface area contributed by atoms with E-state index in [0.717, 1.165) is 12.2 Å². The molecule has 1 heteroatoms. The van der Waals surface area contributed by atoms with E-state index in [1.807, 2.05) is 12.1 Å². The Morgan fingerprint density at radius 1 is 1.12 bits per heavy atom. The lowest BCUT2D eigenvalue weighted by Gasteiger charge is -2.21. The third-order valence-electron chi connectivity index (χ3n) is 3.07. The van der Waals surface area contributed by atoms with E-state index in [4.69, 9.17) is 4.42 Å². The third kappa shape index (κ3) is 2.60. The van der Waals surface area contributed by atoms with Crippen LogP contribution in [0.25, 0.3) is 11.3 Å². The van der Waals surface area contributed by atoms with Gasteiger partial charge in [-0.2, -0.15) is 0 Å². The summed E-state index contributed by atoms with van der Waals surface area (Å²) in [7, 11) is 0. The highest BCUT2D eigenvalue weighted by atomic mass is 16.3. The molecule has 0 atom stereocenters. The third-order valence-corrected chi connectivity index (χ3v) is 3.07. The molecular weight excluding hydrogens is 208 g/mol. The predicted molar refractivity (Wildman–Crippen MR) is 72.2 cm³/mol. The second-order valence-corrected chi connectivity index (χ2v) is 5.50. The van der Waals surface area contributed by atoms with E-state index >= 15 is 0 Å². The number of benzene rings is 1. The molecule has 0 radical (unpaired) electrons. The van der Waals surface area contributed by atoms with Gasteiger partial charge in [-0.05, 0) is 47.2 Å². The van der Waals surface area contributed by atoms with Crippen LogP contribution in [0.4, 0.5) is 0 Å². The Morgan fingerprint density at radius 3 is 2.41 bits per heavy atom. The molecule has 90 valence electrons. The fraction of sp³-hybridized carbons (Fsp3) is 0.375. The zero-order valence-corrected chi connectivity index (χ0v) is 11.1. The molecule has 0 amide bonds. The van der Waals surface area contributed by atoms with Crippen molar-refractivity contribution >= 4 is 0 Å². The number of rotatable bonds is 2. The maximum Gasteiger partial charge on any atom is 0.133 e. The monoisotopic (exact) mass is 228 g/mol. The molecule has 0 bridgehead atoms. The smallest absolute Gasteiger partial charge is 0.133 e. The van der Waals surface area contributed by atoms with Crippen molar-refractivity contribution in [2.45, 2.75) is 39.5 Å². The molecule has 0 saturated heterocycles. The van der Waals surface area contributed by atoms with Crippen LogP contribution < -0.4 is 0 Å². The summed E-state index contributed by atoms with van der Waals surface area (Å²) in [6, 6.07) is 10.7. The molecule has 1 heterocycles. The Labute approximate surface area is 103 Å². The first-order valence-electron chi connectivity index (χ1n) is 6.19. The highest BCUT2D eigenvalue weighted by molar-refractivity contribution is 5.60. The maximum absolute atomic E-state index is 5.49. The molecule has 0 aliphatic carbocycles. The summed E-state index contributed by atoms with van der Waals surface area (Å²) in [4.78, 5) is 0. The van der Waals surface area contributed by atoms with Crippen molar-refractivity contribution in [3.63, 3.8) is 0 Å². The summed E-state index contributed by atoms with van der Waals surface area (Å²) in [5.41, 5.74) is 4.08. The first-order chi connectivity index (χ1) is 8.00. The SMILES string of the molecule is CCc1cc(-c2ccco2)cc(C(C)(C)C)c1. The van der Waals surface area contributed by atoms with Crippen molar-refractivity contribution in [2.75, 3.05) is 0 Å². The van der Waals surface area contributed by atoms with Crippen molar-refractivity contribution < 1.29 is 4.42 Å². The van der Waals surface area contributed by atoms with Crippen LogP contribution in [0.1, 0.15) is 38.8 Å². The average molecular weight is 228 g/mol. The summed E-state index contributed by atoms with van der Waals surface area (Å²) in [5.74, 6) is 0.950. The van der Waals surface area contributed by atoms with E-state index in [1.54, 1.807) is 6.26 Å².